The van der Waals surface area contributed by atoms with E-state index in [9.17, 15) is 10.1 Å². The Morgan fingerprint density at radius 3 is 2.85 bits per heavy atom. The van der Waals surface area contributed by atoms with E-state index in [2.05, 4.69) is 27.8 Å². The fraction of sp³-hybridized carbons (Fsp3) is 0.100. The van der Waals surface area contributed by atoms with Crippen molar-refractivity contribution < 1.29 is 9.53 Å². The number of anilines is 1. The fourth-order valence-corrected chi connectivity index (χ4v) is 2.81. The van der Waals surface area contributed by atoms with E-state index in [1.54, 1.807) is 49.4 Å². The first-order chi connectivity index (χ1) is 12.5. The van der Waals surface area contributed by atoms with E-state index in [4.69, 9.17) is 16.3 Å². The van der Waals surface area contributed by atoms with E-state index in [1.165, 1.54) is 6.08 Å². The molecule has 0 bridgehead atoms. The van der Waals surface area contributed by atoms with Gasteiger partial charge in [-0.05, 0) is 64.3 Å². The van der Waals surface area contributed by atoms with Crippen molar-refractivity contribution in [2.24, 2.45) is 0 Å². The summed E-state index contributed by atoms with van der Waals surface area (Å²) in [6.45, 7) is 5.79. The van der Waals surface area contributed by atoms with E-state index in [1.807, 2.05) is 6.07 Å². The van der Waals surface area contributed by atoms with E-state index < -0.39 is 5.91 Å². The number of ether oxygens (including phenoxy) is 1. The second-order valence-corrected chi connectivity index (χ2v) is 6.59. The van der Waals surface area contributed by atoms with Crippen molar-refractivity contribution in [2.75, 3.05) is 11.9 Å². The molecule has 2 aromatic rings. The van der Waals surface area contributed by atoms with Crippen LogP contribution in [-0.2, 0) is 4.79 Å². The Balaban J connectivity index is 2.23. The number of carbonyl (C=O) groups is 1. The molecule has 1 N–H and O–H groups in total. The second-order valence-electron chi connectivity index (χ2n) is 5.33. The maximum atomic E-state index is 12.4. The third-order valence-corrected chi connectivity index (χ3v) is 4.53. The highest BCUT2D eigenvalue weighted by atomic mass is 79.9. The number of hydrogen-bond acceptors (Lipinski definition) is 3. The predicted molar refractivity (Wildman–Crippen MR) is 108 cm³/mol. The van der Waals surface area contributed by atoms with Crippen LogP contribution in [0.5, 0.6) is 5.75 Å². The quantitative estimate of drug-likeness (QED) is 0.372. The lowest BCUT2D eigenvalue weighted by atomic mass is 10.1. The lowest BCUT2D eigenvalue weighted by molar-refractivity contribution is -0.112. The van der Waals surface area contributed by atoms with Crippen LogP contribution in [-0.4, -0.2) is 12.5 Å². The number of nitrogens with one attached hydrogen (secondary N) is 1. The summed E-state index contributed by atoms with van der Waals surface area (Å²) in [5.41, 5.74) is 1.98. The highest BCUT2D eigenvalue weighted by Gasteiger charge is 2.12. The summed E-state index contributed by atoms with van der Waals surface area (Å²) < 4.78 is 6.20. The third kappa shape index (κ3) is 4.98. The van der Waals surface area contributed by atoms with Crippen LogP contribution in [0.15, 0.2) is 59.1 Å². The molecule has 4 nitrogen and oxygen atoms in total. The first-order valence-corrected chi connectivity index (χ1v) is 8.85. The molecule has 0 aromatic heterocycles. The number of nitrogens with zero attached hydrogens (tertiary/aromatic N) is 1. The minimum absolute atomic E-state index is 0.0176. The van der Waals surface area contributed by atoms with Gasteiger partial charge in [-0.1, -0.05) is 36.4 Å². The Bertz CT molecular complexity index is 917. The number of rotatable bonds is 6. The normalized spacial score (nSPS) is 10.8. The standard InChI is InChI=1S/C20H16BrClN2O2/c1-3-9-26-19-8-7-14(11-16(19)21)10-15(12-23)20(25)24-18-6-4-5-17(22)13(18)2/h3-8,10-11H,1,9H2,2H3,(H,24,25)/b15-10+. The Kier molecular flexibility index (Phi) is 7.02. The van der Waals surface area contributed by atoms with Crippen LogP contribution in [0.1, 0.15) is 11.1 Å². The van der Waals surface area contributed by atoms with Gasteiger partial charge in [-0.3, -0.25) is 4.79 Å². The Labute approximate surface area is 165 Å². The van der Waals surface area contributed by atoms with Gasteiger partial charge in [0.1, 0.15) is 24.0 Å². The monoisotopic (exact) mass is 430 g/mol. The number of halogens is 2. The number of hydrogen-bond donors (Lipinski definition) is 1. The summed E-state index contributed by atoms with van der Waals surface area (Å²) in [7, 11) is 0. The van der Waals surface area contributed by atoms with E-state index in [0.717, 1.165) is 10.0 Å². The lowest BCUT2D eigenvalue weighted by Crippen LogP contribution is -2.14. The number of carbonyl (C=O) groups excluding carboxylic acids is 1. The molecule has 0 saturated heterocycles. The van der Waals surface area contributed by atoms with Gasteiger partial charge in [0, 0.05) is 10.7 Å². The van der Waals surface area contributed by atoms with Crippen molar-refractivity contribution in [1.82, 2.24) is 0 Å². The Morgan fingerprint density at radius 1 is 1.42 bits per heavy atom. The summed E-state index contributed by atoms with van der Waals surface area (Å²) in [5.74, 6) is 0.153. The SMILES string of the molecule is C=CCOc1ccc(/C=C(\C#N)C(=O)Nc2cccc(Cl)c2C)cc1Br. The highest BCUT2D eigenvalue weighted by molar-refractivity contribution is 9.10. The van der Waals surface area contributed by atoms with Gasteiger partial charge >= 0.3 is 0 Å². The van der Waals surface area contributed by atoms with Crippen molar-refractivity contribution in [3.8, 4) is 11.8 Å². The highest BCUT2D eigenvalue weighted by Crippen LogP contribution is 2.27. The van der Waals surface area contributed by atoms with Gasteiger partial charge in [-0.15, -0.1) is 0 Å². The molecule has 0 spiro atoms. The maximum absolute atomic E-state index is 12.4. The van der Waals surface area contributed by atoms with Crippen LogP contribution in [0.4, 0.5) is 5.69 Å². The largest absolute Gasteiger partial charge is 0.488 e. The minimum Gasteiger partial charge on any atom is -0.488 e. The average Bonchev–Trinajstić information content (AvgIpc) is 2.62. The molecule has 26 heavy (non-hydrogen) atoms. The number of nitriles is 1. The van der Waals surface area contributed by atoms with Crippen molar-refractivity contribution in [3.63, 3.8) is 0 Å². The summed E-state index contributed by atoms with van der Waals surface area (Å²) in [6, 6.07) is 12.4. The smallest absolute Gasteiger partial charge is 0.266 e. The summed E-state index contributed by atoms with van der Waals surface area (Å²) in [4.78, 5) is 12.4. The van der Waals surface area contributed by atoms with Gasteiger partial charge in [-0.2, -0.15) is 5.26 Å². The van der Waals surface area contributed by atoms with Gasteiger partial charge in [0.05, 0.1) is 4.47 Å². The van der Waals surface area contributed by atoms with Gasteiger partial charge < -0.3 is 10.1 Å². The van der Waals surface area contributed by atoms with Crippen molar-refractivity contribution in [1.29, 1.82) is 5.26 Å². The van der Waals surface area contributed by atoms with Crippen LogP contribution in [0.25, 0.3) is 6.08 Å². The molecule has 0 aliphatic heterocycles. The van der Waals surface area contributed by atoms with Crippen LogP contribution >= 0.6 is 27.5 Å². The van der Waals surface area contributed by atoms with Crippen LogP contribution in [0.3, 0.4) is 0 Å². The molecule has 132 valence electrons. The number of benzene rings is 2. The first-order valence-electron chi connectivity index (χ1n) is 7.67. The van der Waals surface area contributed by atoms with Gasteiger partial charge in [0.15, 0.2) is 0 Å². The van der Waals surface area contributed by atoms with E-state index >= 15 is 0 Å². The molecule has 2 rings (SSSR count). The average molecular weight is 432 g/mol. The molecular weight excluding hydrogens is 416 g/mol. The van der Waals surface area contributed by atoms with Crippen LogP contribution in [0.2, 0.25) is 5.02 Å². The van der Waals surface area contributed by atoms with Crippen molar-refractivity contribution in [2.45, 2.75) is 6.92 Å². The summed E-state index contributed by atoms with van der Waals surface area (Å²) >= 11 is 9.47. The zero-order valence-corrected chi connectivity index (χ0v) is 16.4. The molecule has 0 saturated carbocycles. The molecule has 0 aliphatic rings. The molecule has 6 heteroatoms. The van der Waals surface area contributed by atoms with Gasteiger partial charge in [0.25, 0.3) is 5.91 Å². The van der Waals surface area contributed by atoms with Gasteiger partial charge in [0.2, 0.25) is 0 Å². The molecule has 0 aliphatic carbocycles. The minimum atomic E-state index is -0.499. The predicted octanol–water partition coefficient (Wildman–Crippen LogP) is 5.52. The third-order valence-electron chi connectivity index (χ3n) is 3.50. The number of amides is 1. The van der Waals surface area contributed by atoms with E-state index in [0.29, 0.717) is 28.6 Å². The maximum Gasteiger partial charge on any atom is 0.266 e. The van der Waals surface area contributed by atoms with Crippen LogP contribution < -0.4 is 10.1 Å². The molecular formula is C20H16BrClN2O2. The molecule has 0 unspecified atom stereocenters. The second kappa shape index (κ2) is 9.23. The molecule has 0 radical (unpaired) electrons. The Morgan fingerprint density at radius 2 is 2.19 bits per heavy atom. The molecule has 0 fully saturated rings. The lowest BCUT2D eigenvalue weighted by Gasteiger charge is -2.09. The topological polar surface area (TPSA) is 62.1 Å². The molecule has 0 heterocycles. The molecule has 0 atom stereocenters. The summed E-state index contributed by atoms with van der Waals surface area (Å²) in [5, 5.41) is 12.6. The van der Waals surface area contributed by atoms with Crippen LogP contribution in [0, 0.1) is 18.3 Å². The van der Waals surface area contributed by atoms with Crippen molar-refractivity contribution in [3.05, 3.63) is 75.2 Å². The zero-order valence-electron chi connectivity index (χ0n) is 14.1. The van der Waals surface area contributed by atoms with Crippen molar-refractivity contribution >= 4 is 45.2 Å². The summed E-state index contributed by atoms with van der Waals surface area (Å²) in [6.07, 6.45) is 3.16. The van der Waals surface area contributed by atoms with E-state index in [-0.39, 0.29) is 5.57 Å². The molecule has 1 amide bonds. The fourth-order valence-electron chi connectivity index (χ4n) is 2.12. The zero-order chi connectivity index (χ0) is 19.1. The molecule has 2 aromatic carbocycles. The first kappa shape index (κ1) is 19.8. The Hall–Kier alpha value is -2.55. The van der Waals surface area contributed by atoms with Gasteiger partial charge in [-0.25, -0.2) is 0 Å².